The lowest BCUT2D eigenvalue weighted by molar-refractivity contribution is -0.147. The van der Waals surface area contributed by atoms with Gasteiger partial charge in [0.1, 0.15) is 11.9 Å². The largest absolute Gasteiger partial charge is 0.496 e. The Morgan fingerprint density at radius 1 is 1.29 bits per heavy atom. The number of hydrogen-bond acceptors (Lipinski definition) is 5. The summed E-state index contributed by atoms with van der Waals surface area (Å²) < 4.78 is 17.3. The number of carbonyl (C=O) groups is 1. The van der Waals surface area contributed by atoms with Crippen molar-refractivity contribution in [2.75, 3.05) is 20.3 Å². The zero-order chi connectivity index (χ0) is 19.4. The van der Waals surface area contributed by atoms with Crippen LogP contribution < -0.4 is 10.1 Å². The van der Waals surface area contributed by atoms with Crippen LogP contribution in [0.5, 0.6) is 5.75 Å². The highest BCUT2D eigenvalue weighted by Crippen LogP contribution is 2.62. The number of hydrogen-bond donors (Lipinski definition) is 1. The predicted octanol–water partition coefficient (Wildman–Crippen LogP) is 3.31. The van der Waals surface area contributed by atoms with Crippen molar-refractivity contribution in [2.45, 2.75) is 57.3 Å². The summed E-state index contributed by atoms with van der Waals surface area (Å²) in [6.45, 7) is 4.67. The molecule has 6 atom stereocenters. The maximum Gasteiger partial charge on any atom is 0.310 e. The van der Waals surface area contributed by atoms with Crippen LogP contribution in [0.3, 0.4) is 0 Å². The van der Waals surface area contributed by atoms with Crippen molar-refractivity contribution in [2.24, 2.45) is 23.2 Å². The summed E-state index contributed by atoms with van der Waals surface area (Å²) in [4.78, 5) is 12.7. The van der Waals surface area contributed by atoms with Crippen molar-refractivity contribution in [3.63, 3.8) is 0 Å². The SMILES string of the molecule is COc1ccccc1CNC[C@H]1C(=O)O[C@@H]2C[C@@]3(C)CCC[C@]4(CO4)[C@@H]3C[C@@H]21. The normalized spacial score (nSPS) is 41.3. The third-order valence-electron chi connectivity index (χ3n) is 7.95. The molecule has 0 radical (unpaired) electrons. The van der Waals surface area contributed by atoms with Crippen LogP contribution in [0.15, 0.2) is 24.3 Å². The first-order chi connectivity index (χ1) is 13.5. The second-order valence-electron chi connectivity index (χ2n) is 9.54. The molecule has 152 valence electrons. The maximum atomic E-state index is 12.7. The van der Waals surface area contributed by atoms with E-state index in [-0.39, 0.29) is 29.0 Å². The molecule has 5 rings (SSSR count). The van der Waals surface area contributed by atoms with Crippen LogP contribution in [0, 0.1) is 23.2 Å². The van der Waals surface area contributed by atoms with E-state index in [4.69, 9.17) is 14.2 Å². The first kappa shape index (κ1) is 18.4. The van der Waals surface area contributed by atoms with E-state index >= 15 is 0 Å². The van der Waals surface area contributed by atoms with Gasteiger partial charge in [0, 0.05) is 24.6 Å². The summed E-state index contributed by atoms with van der Waals surface area (Å²) >= 11 is 0. The number of nitrogens with one attached hydrogen (secondary N) is 1. The Bertz CT molecular complexity index is 761. The van der Waals surface area contributed by atoms with Crippen LogP contribution in [-0.2, 0) is 20.8 Å². The number of fused-ring (bicyclic) bond motifs is 3. The molecule has 1 N–H and O–H groups in total. The van der Waals surface area contributed by atoms with Gasteiger partial charge in [0.15, 0.2) is 0 Å². The minimum absolute atomic E-state index is 0.0180. The molecule has 5 heteroatoms. The fourth-order valence-corrected chi connectivity index (χ4v) is 6.40. The Hall–Kier alpha value is -1.59. The van der Waals surface area contributed by atoms with Crippen molar-refractivity contribution in [3.8, 4) is 5.75 Å². The fourth-order valence-electron chi connectivity index (χ4n) is 6.40. The molecule has 2 aliphatic carbocycles. The number of methoxy groups -OCH3 is 1. The molecule has 0 amide bonds. The Kier molecular flexibility index (Phi) is 4.44. The van der Waals surface area contributed by atoms with Crippen LogP contribution in [0.1, 0.15) is 44.6 Å². The van der Waals surface area contributed by atoms with Gasteiger partial charge in [-0.25, -0.2) is 0 Å². The highest BCUT2D eigenvalue weighted by molar-refractivity contribution is 5.75. The molecule has 2 saturated carbocycles. The number of rotatable bonds is 5. The summed E-state index contributed by atoms with van der Waals surface area (Å²) in [5, 5.41) is 3.49. The second kappa shape index (κ2) is 6.74. The molecule has 4 aliphatic rings. The van der Waals surface area contributed by atoms with Gasteiger partial charge in [-0.2, -0.15) is 0 Å². The molecule has 0 aromatic heterocycles. The molecule has 2 saturated heterocycles. The van der Waals surface area contributed by atoms with Gasteiger partial charge in [0.25, 0.3) is 0 Å². The van der Waals surface area contributed by atoms with Gasteiger partial charge in [-0.05, 0) is 49.5 Å². The van der Waals surface area contributed by atoms with Gasteiger partial charge in [-0.3, -0.25) is 4.79 Å². The quantitative estimate of drug-likeness (QED) is 0.622. The topological polar surface area (TPSA) is 60.1 Å². The molecular weight excluding hydrogens is 354 g/mol. The lowest BCUT2D eigenvalue weighted by Crippen LogP contribution is -2.51. The monoisotopic (exact) mass is 385 g/mol. The van der Waals surface area contributed by atoms with Crippen molar-refractivity contribution in [1.29, 1.82) is 0 Å². The van der Waals surface area contributed by atoms with Crippen LogP contribution in [0.2, 0.25) is 0 Å². The van der Waals surface area contributed by atoms with Crippen molar-refractivity contribution < 1.29 is 19.0 Å². The van der Waals surface area contributed by atoms with Crippen molar-refractivity contribution in [3.05, 3.63) is 29.8 Å². The predicted molar refractivity (Wildman–Crippen MR) is 105 cm³/mol. The molecular formula is C23H31NO4. The van der Waals surface area contributed by atoms with E-state index in [0.29, 0.717) is 24.9 Å². The highest BCUT2D eigenvalue weighted by Gasteiger charge is 2.64. The number of ether oxygens (including phenoxy) is 3. The third kappa shape index (κ3) is 2.94. The Morgan fingerprint density at radius 3 is 2.89 bits per heavy atom. The van der Waals surface area contributed by atoms with E-state index in [2.05, 4.69) is 18.3 Å². The number of para-hydroxylation sites is 1. The lowest BCUT2D eigenvalue weighted by Gasteiger charge is -2.51. The Balaban J connectivity index is 1.27. The molecule has 0 bridgehead atoms. The highest BCUT2D eigenvalue weighted by atomic mass is 16.6. The van der Waals surface area contributed by atoms with Crippen molar-refractivity contribution >= 4 is 5.97 Å². The first-order valence-corrected chi connectivity index (χ1v) is 10.7. The van der Waals surface area contributed by atoms with Crippen molar-refractivity contribution in [1.82, 2.24) is 5.32 Å². The molecule has 2 aliphatic heterocycles. The standard InChI is InChI=1S/C23H31NO4/c1-22-8-5-9-23(14-27-23)20(22)10-16-17(21(25)28-19(16)11-22)13-24-12-15-6-3-4-7-18(15)26-2/h3-4,6-7,16-17,19-20,24H,5,8-14H2,1-2H3/t16-,17-,19-,20-,22-,23+/m1/s1. The number of esters is 1. The van der Waals surface area contributed by atoms with Gasteiger partial charge >= 0.3 is 5.97 Å². The van der Waals surface area contributed by atoms with E-state index in [0.717, 1.165) is 30.8 Å². The van der Waals surface area contributed by atoms with Gasteiger partial charge in [0.05, 0.1) is 25.2 Å². The summed E-state index contributed by atoms with van der Waals surface area (Å²) in [6, 6.07) is 8.01. The summed E-state index contributed by atoms with van der Waals surface area (Å²) in [5.74, 6) is 1.69. The zero-order valence-electron chi connectivity index (χ0n) is 16.9. The molecule has 5 nitrogen and oxygen atoms in total. The molecule has 1 spiro atoms. The minimum atomic E-state index is -0.0537. The average Bonchev–Trinajstić information content (AvgIpc) is 3.38. The minimum Gasteiger partial charge on any atom is -0.496 e. The summed E-state index contributed by atoms with van der Waals surface area (Å²) in [7, 11) is 1.69. The van der Waals surface area contributed by atoms with E-state index in [9.17, 15) is 4.79 Å². The number of benzene rings is 1. The van der Waals surface area contributed by atoms with E-state index in [1.54, 1.807) is 7.11 Å². The second-order valence-corrected chi connectivity index (χ2v) is 9.54. The van der Waals surface area contributed by atoms with E-state index in [1.807, 2.05) is 18.2 Å². The Morgan fingerprint density at radius 2 is 2.11 bits per heavy atom. The molecule has 1 aromatic rings. The third-order valence-corrected chi connectivity index (χ3v) is 7.95. The van der Waals surface area contributed by atoms with Crippen LogP contribution in [0.25, 0.3) is 0 Å². The van der Waals surface area contributed by atoms with Crippen LogP contribution in [0.4, 0.5) is 0 Å². The van der Waals surface area contributed by atoms with Gasteiger partial charge in [0.2, 0.25) is 0 Å². The first-order valence-electron chi connectivity index (χ1n) is 10.7. The zero-order valence-corrected chi connectivity index (χ0v) is 16.9. The summed E-state index contributed by atoms with van der Waals surface area (Å²) in [5.41, 5.74) is 1.48. The Labute approximate surface area is 167 Å². The van der Waals surface area contributed by atoms with Gasteiger partial charge in [-0.1, -0.05) is 25.1 Å². The average molecular weight is 386 g/mol. The molecule has 0 unspecified atom stereocenters. The van der Waals surface area contributed by atoms with Gasteiger partial charge < -0.3 is 19.5 Å². The van der Waals surface area contributed by atoms with E-state index < -0.39 is 0 Å². The van der Waals surface area contributed by atoms with Gasteiger partial charge in [-0.15, -0.1) is 0 Å². The molecule has 2 heterocycles. The van der Waals surface area contributed by atoms with E-state index in [1.165, 1.54) is 19.3 Å². The maximum absolute atomic E-state index is 12.7. The lowest BCUT2D eigenvalue weighted by atomic mass is 9.53. The molecule has 1 aromatic carbocycles. The van der Waals surface area contributed by atoms with Crippen LogP contribution in [-0.4, -0.2) is 37.9 Å². The fraction of sp³-hybridized carbons (Fsp3) is 0.696. The number of carbonyl (C=O) groups excluding carboxylic acids is 1. The summed E-state index contributed by atoms with van der Waals surface area (Å²) in [6.07, 6.45) is 5.81. The number of epoxide rings is 1. The molecule has 28 heavy (non-hydrogen) atoms. The van der Waals surface area contributed by atoms with Crippen LogP contribution >= 0.6 is 0 Å². The molecule has 4 fully saturated rings. The smallest absolute Gasteiger partial charge is 0.310 e.